The zero-order chi connectivity index (χ0) is 17.8. The number of carbonyl (C=O) groups excluding carboxylic acids is 2. The number of benzene rings is 1. The van der Waals surface area contributed by atoms with E-state index in [4.69, 9.17) is 9.47 Å². The van der Waals surface area contributed by atoms with Gasteiger partial charge in [0.1, 0.15) is 0 Å². The van der Waals surface area contributed by atoms with E-state index in [9.17, 15) is 9.59 Å². The third-order valence-corrected chi connectivity index (χ3v) is 5.24. The van der Waals surface area contributed by atoms with Gasteiger partial charge in [0.25, 0.3) is 5.91 Å². The Bertz CT molecular complexity index is 634. The number of rotatable bonds is 5. The van der Waals surface area contributed by atoms with Crippen LogP contribution in [0.1, 0.15) is 42.5 Å². The van der Waals surface area contributed by atoms with Gasteiger partial charge in [-0.2, -0.15) is 0 Å². The molecule has 1 heterocycles. The lowest BCUT2D eigenvalue weighted by Crippen LogP contribution is -2.48. The van der Waals surface area contributed by atoms with Crippen molar-refractivity contribution in [3.05, 3.63) is 23.8 Å². The van der Waals surface area contributed by atoms with Crippen molar-refractivity contribution in [1.82, 2.24) is 10.2 Å². The van der Waals surface area contributed by atoms with Crippen LogP contribution in [0, 0.1) is 5.92 Å². The molecule has 2 fully saturated rings. The zero-order valence-electron chi connectivity index (χ0n) is 14.9. The number of nitrogens with one attached hydrogen (secondary N) is 1. The molecular formula is C19H26N2O4. The van der Waals surface area contributed by atoms with Crippen LogP contribution in [-0.4, -0.2) is 50.1 Å². The number of hydrogen-bond acceptors (Lipinski definition) is 4. The van der Waals surface area contributed by atoms with Crippen LogP contribution in [0.2, 0.25) is 0 Å². The first kappa shape index (κ1) is 17.6. The summed E-state index contributed by atoms with van der Waals surface area (Å²) in [7, 11) is 3.12. The van der Waals surface area contributed by atoms with Gasteiger partial charge >= 0.3 is 0 Å². The van der Waals surface area contributed by atoms with E-state index in [1.807, 2.05) is 4.90 Å². The molecule has 1 aliphatic carbocycles. The number of ether oxygens (including phenoxy) is 2. The smallest absolute Gasteiger partial charge is 0.251 e. The van der Waals surface area contributed by atoms with Gasteiger partial charge in [-0.25, -0.2) is 0 Å². The Morgan fingerprint density at radius 1 is 1.04 bits per heavy atom. The molecule has 1 saturated carbocycles. The Morgan fingerprint density at radius 2 is 1.72 bits per heavy atom. The highest BCUT2D eigenvalue weighted by molar-refractivity contribution is 5.95. The van der Waals surface area contributed by atoms with Gasteiger partial charge in [0.15, 0.2) is 11.5 Å². The highest BCUT2D eigenvalue weighted by Gasteiger charge is 2.32. The minimum Gasteiger partial charge on any atom is -0.493 e. The molecular weight excluding hydrogens is 320 g/mol. The largest absolute Gasteiger partial charge is 0.493 e. The van der Waals surface area contributed by atoms with Crippen molar-refractivity contribution in [2.24, 2.45) is 5.92 Å². The number of methoxy groups -OCH3 is 2. The number of hydrogen-bond donors (Lipinski definition) is 1. The van der Waals surface area contributed by atoms with Crippen molar-refractivity contribution >= 4 is 11.8 Å². The minimum absolute atomic E-state index is 0.103. The molecule has 1 N–H and O–H groups in total. The molecule has 1 aromatic rings. The fourth-order valence-electron chi connectivity index (χ4n) is 3.40. The first-order valence-corrected chi connectivity index (χ1v) is 8.94. The van der Waals surface area contributed by atoms with Gasteiger partial charge in [-0.1, -0.05) is 6.42 Å². The van der Waals surface area contributed by atoms with Gasteiger partial charge in [-0.05, 0) is 43.9 Å². The SMILES string of the molecule is COc1ccc(C(=O)NC2CCN(C(=O)C3CCC3)CC2)cc1OC. The van der Waals surface area contributed by atoms with Crippen LogP contribution in [-0.2, 0) is 4.79 Å². The van der Waals surface area contributed by atoms with Crippen molar-refractivity contribution in [1.29, 1.82) is 0 Å². The fraction of sp³-hybridized carbons (Fsp3) is 0.579. The Labute approximate surface area is 148 Å². The molecule has 0 unspecified atom stereocenters. The molecule has 0 atom stereocenters. The Kier molecular flexibility index (Phi) is 5.46. The molecule has 6 nitrogen and oxygen atoms in total. The van der Waals surface area contributed by atoms with Gasteiger partial charge in [0, 0.05) is 30.6 Å². The Balaban J connectivity index is 1.53. The number of likely N-dealkylation sites (tertiary alicyclic amines) is 1. The summed E-state index contributed by atoms with van der Waals surface area (Å²) in [5.41, 5.74) is 0.547. The molecule has 25 heavy (non-hydrogen) atoms. The van der Waals surface area contributed by atoms with Crippen molar-refractivity contribution in [2.75, 3.05) is 27.3 Å². The molecule has 1 aromatic carbocycles. The topological polar surface area (TPSA) is 67.9 Å². The maximum atomic E-state index is 12.5. The van der Waals surface area contributed by atoms with Gasteiger partial charge in [0.2, 0.25) is 5.91 Å². The van der Waals surface area contributed by atoms with Gasteiger partial charge in [0.05, 0.1) is 14.2 Å². The zero-order valence-corrected chi connectivity index (χ0v) is 14.9. The average Bonchev–Trinajstić information content (AvgIpc) is 2.60. The van der Waals surface area contributed by atoms with Crippen LogP contribution in [0.25, 0.3) is 0 Å². The standard InChI is InChI=1S/C19H26N2O4/c1-24-16-7-6-14(12-17(16)25-2)18(22)20-15-8-10-21(11-9-15)19(23)13-4-3-5-13/h6-7,12-13,15H,3-5,8-11H2,1-2H3,(H,20,22). The number of amides is 2. The van der Waals surface area contributed by atoms with E-state index in [2.05, 4.69) is 5.32 Å². The van der Waals surface area contributed by atoms with Crippen molar-refractivity contribution in [3.63, 3.8) is 0 Å². The van der Waals surface area contributed by atoms with E-state index in [-0.39, 0.29) is 17.9 Å². The molecule has 1 aliphatic heterocycles. The van der Waals surface area contributed by atoms with Gasteiger partial charge in [-0.3, -0.25) is 9.59 Å². The predicted molar refractivity (Wildman–Crippen MR) is 94.0 cm³/mol. The molecule has 2 amide bonds. The van der Waals surface area contributed by atoms with Crippen LogP contribution in [0.4, 0.5) is 0 Å². The molecule has 3 rings (SSSR count). The van der Waals surface area contributed by atoms with E-state index in [0.29, 0.717) is 23.0 Å². The summed E-state index contributed by atoms with van der Waals surface area (Å²) in [6.07, 6.45) is 4.85. The van der Waals surface area contributed by atoms with Gasteiger partial charge < -0.3 is 19.7 Å². The fourth-order valence-corrected chi connectivity index (χ4v) is 3.40. The monoisotopic (exact) mass is 346 g/mol. The van der Waals surface area contributed by atoms with E-state index in [1.165, 1.54) is 6.42 Å². The van der Waals surface area contributed by atoms with Crippen molar-refractivity contribution < 1.29 is 19.1 Å². The normalized spacial score (nSPS) is 18.4. The first-order chi connectivity index (χ1) is 12.1. The third-order valence-electron chi connectivity index (χ3n) is 5.24. The second kappa shape index (κ2) is 7.76. The summed E-state index contributed by atoms with van der Waals surface area (Å²) < 4.78 is 10.4. The molecule has 136 valence electrons. The van der Waals surface area contributed by atoms with E-state index < -0.39 is 0 Å². The molecule has 6 heteroatoms. The van der Waals surface area contributed by atoms with Gasteiger partial charge in [-0.15, -0.1) is 0 Å². The van der Waals surface area contributed by atoms with Crippen LogP contribution in [0.15, 0.2) is 18.2 Å². The second-order valence-corrected chi connectivity index (χ2v) is 6.77. The first-order valence-electron chi connectivity index (χ1n) is 8.94. The molecule has 0 spiro atoms. The molecule has 0 aromatic heterocycles. The second-order valence-electron chi connectivity index (χ2n) is 6.77. The lowest BCUT2D eigenvalue weighted by atomic mass is 9.84. The molecule has 0 bridgehead atoms. The Morgan fingerprint density at radius 3 is 2.28 bits per heavy atom. The van der Waals surface area contributed by atoms with E-state index >= 15 is 0 Å². The van der Waals surface area contributed by atoms with Crippen LogP contribution >= 0.6 is 0 Å². The van der Waals surface area contributed by atoms with Crippen molar-refractivity contribution in [3.8, 4) is 11.5 Å². The molecule has 0 radical (unpaired) electrons. The predicted octanol–water partition coefficient (Wildman–Crippen LogP) is 2.22. The summed E-state index contributed by atoms with van der Waals surface area (Å²) in [6, 6.07) is 5.24. The number of carbonyl (C=O) groups is 2. The number of nitrogens with zero attached hydrogens (tertiary/aromatic N) is 1. The highest BCUT2D eigenvalue weighted by atomic mass is 16.5. The maximum absolute atomic E-state index is 12.5. The van der Waals surface area contributed by atoms with E-state index in [1.54, 1.807) is 32.4 Å². The molecule has 2 aliphatic rings. The average molecular weight is 346 g/mol. The van der Waals surface area contributed by atoms with Crippen LogP contribution in [0.3, 0.4) is 0 Å². The maximum Gasteiger partial charge on any atom is 0.251 e. The summed E-state index contributed by atoms with van der Waals surface area (Å²) in [6.45, 7) is 1.46. The van der Waals surface area contributed by atoms with E-state index in [0.717, 1.165) is 38.8 Å². The lowest BCUT2D eigenvalue weighted by molar-refractivity contribution is -0.139. The highest BCUT2D eigenvalue weighted by Crippen LogP contribution is 2.30. The number of piperidine rings is 1. The van der Waals surface area contributed by atoms with Crippen LogP contribution < -0.4 is 14.8 Å². The minimum atomic E-state index is -0.121. The lowest BCUT2D eigenvalue weighted by Gasteiger charge is -2.36. The summed E-state index contributed by atoms with van der Waals surface area (Å²) in [4.78, 5) is 26.7. The summed E-state index contributed by atoms with van der Waals surface area (Å²) in [5.74, 6) is 1.57. The third kappa shape index (κ3) is 3.89. The quantitative estimate of drug-likeness (QED) is 0.888. The van der Waals surface area contributed by atoms with Crippen LogP contribution in [0.5, 0.6) is 11.5 Å². The summed E-state index contributed by atoms with van der Waals surface area (Å²) >= 11 is 0. The Hall–Kier alpha value is -2.24. The summed E-state index contributed by atoms with van der Waals surface area (Å²) in [5, 5.41) is 3.07. The molecule has 1 saturated heterocycles. The van der Waals surface area contributed by atoms with Crippen molar-refractivity contribution in [2.45, 2.75) is 38.1 Å².